The molecule has 0 heterocycles. The fourth-order valence-electron chi connectivity index (χ4n) is 3.04. The maximum absolute atomic E-state index is 12.1. The molecule has 3 rings (SSSR count). The highest BCUT2D eigenvalue weighted by atomic mass is 16.5. The Morgan fingerprint density at radius 2 is 2.00 bits per heavy atom. The number of carbonyl (C=O) groups is 1. The molecule has 0 saturated heterocycles. The summed E-state index contributed by atoms with van der Waals surface area (Å²) in [5.41, 5.74) is 4.89. The van der Waals surface area contributed by atoms with E-state index >= 15 is 0 Å². The fourth-order valence-corrected chi connectivity index (χ4v) is 3.04. The van der Waals surface area contributed by atoms with Crippen molar-refractivity contribution >= 4 is 6.09 Å². The van der Waals surface area contributed by atoms with Gasteiger partial charge in [0.25, 0.3) is 0 Å². The van der Waals surface area contributed by atoms with Gasteiger partial charge in [0.2, 0.25) is 0 Å². The van der Waals surface area contributed by atoms with Crippen molar-refractivity contribution in [2.45, 2.75) is 45.3 Å². The number of nitrogens with one attached hydrogen (secondary N) is 1. The van der Waals surface area contributed by atoms with Crippen LogP contribution in [0.15, 0.2) is 48.5 Å². The van der Waals surface area contributed by atoms with Crippen molar-refractivity contribution in [3.63, 3.8) is 0 Å². The van der Waals surface area contributed by atoms with E-state index < -0.39 is 0 Å². The van der Waals surface area contributed by atoms with Crippen LogP contribution in [0.1, 0.15) is 54.5 Å². The van der Waals surface area contributed by atoms with E-state index in [1.54, 1.807) is 0 Å². The summed E-state index contributed by atoms with van der Waals surface area (Å²) in [6.07, 6.45) is 1.61. The molecule has 1 N–H and O–H groups in total. The molecule has 1 amide bonds. The zero-order valence-electron chi connectivity index (χ0n) is 13.7. The lowest BCUT2D eigenvalue weighted by molar-refractivity contribution is 0.135. The first-order valence-electron chi connectivity index (χ1n) is 8.23. The number of rotatable bonds is 4. The normalized spacial score (nSPS) is 16.2. The van der Waals surface area contributed by atoms with Crippen LogP contribution in [0, 0.1) is 0 Å². The Hall–Kier alpha value is -2.29. The lowest BCUT2D eigenvalue weighted by atomic mass is 9.97. The van der Waals surface area contributed by atoms with Gasteiger partial charge >= 0.3 is 6.09 Å². The van der Waals surface area contributed by atoms with Gasteiger partial charge < -0.3 is 10.1 Å². The van der Waals surface area contributed by atoms with Crippen molar-refractivity contribution in [2.24, 2.45) is 0 Å². The van der Waals surface area contributed by atoms with Gasteiger partial charge in [-0.25, -0.2) is 4.79 Å². The molecule has 3 heteroatoms. The highest BCUT2D eigenvalue weighted by Gasteiger charge is 2.25. The molecule has 3 nitrogen and oxygen atoms in total. The Bertz CT molecular complexity index is 679. The van der Waals surface area contributed by atoms with Crippen LogP contribution in [-0.2, 0) is 17.8 Å². The van der Waals surface area contributed by atoms with Crippen LogP contribution in [0.2, 0.25) is 0 Å². The summed E-state index contributed by atoms with van der Waals surface area (Å²) >= 11 is 0. The second kappa shape index (κ2) is 6.86. The average Bonchev–Trinajstić information content (AvgIpc) is 2.96. The molecule has 1 aliphatic carbocycles. The van der Waals surface area contributed by atoms with E-state index in [9.17, 15) is 4.79 Å². The van der Waals surface area contributed by atoms with E-state index in [2.05, 4.69) is 37.4 Å². The largest absolute Gasteiger partial charge is 0.445 e. The van der Waals surface area contributed by atoms with Gasteiger partial charge in [0.05, 0.1) is 6.04 Å². The highest BCUT2D eigenvalue weighted by Crippen LogP contribution is 2.33. The summed E-state index contributed by atoms with van der Waals surface area (Å²) in [6, 6.07) is 16.4. The predicted octanol–water partition coefficient (Wildman–Crippen LogP) is 4.72. The molecule has 0 spiro atoms. The molecule has 0 aliphatic heterocycles. The molecule has 2 aromatic carbocycles. The van der Waals surface area contributed by atoms with Gasteiger partial charge in [-0.1, -0.05) is 62.4 Å². The molecule has 0 saturated carbocycles. The summed E-state index contributed by atoms with van der Waals surface area (Å²) < 4.78 is 5.33. The third-order valence-electron chi connectivity index (χ3n) is 4.42. The van der Waals surface area contributed by atoms with E-state index in [4.69, 9.17) is 4.74 Å². The molecule has 0 aromatic heterocycles. The van der Waals surface area contributed by atoms with Crippen molar-refractivity contribution < 1.29 is 9.53 Å². The number of ether oxygens (including phenoxy) is 1. The predicted molar refractivity (Wildman–Crippen MR) is 91.4 cm³/mol. The topological polar surface area (TPSA) is 38.3 Å². The summed E-state index contributed by atoms with van der Waals surface area (Å²) in [5, 5.41) is 3.01. The van der Waals surface area contributed by atoms with Gasteiger partial charge in [-0.15, -0.1) is 0 Å². The summed E-state index contributed by atoms with van der Waals surface area (Å²) in [4.78, 5) is 12.1. The lowest BCUT2D eigenvalue weighted by Gasteiger charge is -2.16. The minimum absolute atomic E-state index is 0.0620. The van der Waals surface area contributed by atoms with Crippen LogP contribution in [-0.4, -0.2) is 6.09 Å². The number of hydrogen-bond acceptors (Lipinski definition) is 2. The number of alkyl carbamates (subject to hydrolysis) is 1. The van der Waals surface area contributed by atoms with E-state index in [1.807, 2.05) is 30.3 Å². The van der Waals surface area contributed by atoms with E-state index in [0.29, 0.717) is 12.5 Å². The van der Waals surface area contributed by atoms with Crippen LogP contribution in [0.25, 0.3) is 0 Å². The van der Waals surface area contributed by atoms with Gasteiger partial charge in [0.1, 0.15) is 6.61 Å². The molecular weight excluding hydrogens is 286 g/mol. The van der Waals surface area contributed by atoms with Gasteiger partial charge in [-0.3, -0.25) is 0 Å². The van der Waals surface area contributed by atoms with Crippen molar-refractivity contribution in [3.05, 3.63) is 70.8 Å². The Morgan fingerprint density at radius 1 is 1.22 bits per heavy atom. The summed E-state index contributed by atoms with van der Waals surface area (Å²) in [7, 11) is 0. The number of aryl methyl sites for hydroxylation is 1. The maximum Gasteiger partial charge on any atom is 0.407 e. The number of benzene rings is 2. The number of hydrogen-bond donors (Lipinski definition) is 1. The third kappa shape index (κ3) is 3.73. The second-order valence-electron chi connectivity index (χ2n) is 6.41. The molecule has 1 unspecified atom stereocenters. The molecule has 1 atom stereocenters. The van der Waals surface area contributed by atoms with Crippen LogP contribution in [0.4, 0.5) is 4.79 Å². The molecule has 23 heavy (non-hydrogen) atoms. The smallest absolute Gasteiger partial charge is 0.407 e. The van der Waals surface area contributed by atoms with E-state index in [-0.39, 0.29) is 12.1 Å². The summed E-state index contributed by atoms with van der Waals surface area (Å²) in [6.45, 7) is 4.68. The average molecular weight is 309 g/mol. The minimum atomic E-state index is -0.346. The van der Waals surface area contributed by atoms with Crippen molar-refractivity contribution in [1.29, 1.82) is 0 Å². The van der Waals surface area contributed by atoms with Crippen molar-refractivity contribution in [3.8, 4) is 0 Å². The first kappa shape index (κ1) is 15.6. The standard InChI is InChI=1S/C20H23NO2/c1-14(2)17-9-8-16-10-11-19(18(16)12-17)21-20(22)23-13-15-6-4-3-5-7-15/h3-9,12,14,19H,10-11,13H2,1-2H3,(H,21,22). The monoisotopic (exact) mass is 309 g/mol. The molecule has 0 bridgehead atoms. The first-order valence-corrected chi connectivity index (χ1v) is 8.23. The number of amides is 1. The zero-order chi connectivity index (χ0) is 16.2. The summed E-state index contributed by atoms with van der Waals surface area (Å²) in [5.74, 6) is 0.492. The van der Waals surface area contributed by atoms with Crippen LogP contribution in [0.3, 0.4) is 0 Å². The van der Waals surface area contributed by atoms with Crippen LogP contribution in [0.5, 0.6) is 0 Å². The fraction of sp³-hybridized carbons (Fsp3) is 0.350. The minimum Gasteiger partial charge on any atom is -0.445 e. The second-order valence-corrected chi connectivity index (χ2v) is 6.41. The highest BCUT2D eigenvalue weighted by molar-refractivity contribution is 5.68. The van der Waals surface area contributed by atoms with Crippen molar-refractivity contribution in [2.75, 3.05) is 0 Å². The van der Waals surface area contributed by atoms with Crippen LogP contribution >= 0.6 is 0 Å². The van der Waals surface area contributed by atoms with Crippen molar-refractivity contribution in [1.82, 2.24) is 5.32 Å². The molecule has 2 aromatic rings. The Labute approximate surface area is 137 Å². The van der Waals surface area contributed by atoms with Crippen LogP contribution < -0.4 is 5.32 Å². The Morgan fingerprint density at radius 3 is 2.74 bits per heavy atom. The molecule has 0 fully saturated rings. The number of fused-ring (bicyclic) bond motifs is 1. The zero-order valence-corrected chi connectivity index (χ0v) is 13.7. The molecule has 0 radical (unpaired) electrons. The molecule has 1 aliphatic rings. The third-order valence-corrected chi connectivity index (χ3v) is 4.42. The maximum atomic E-state index is 12.1. The van der Waals surface area contributed by atoms with Gasteiger partial charge in [-0.2, -0.15) is 0 Å². The van der Waals surface area contributed by atoms with E-state index in [0.717, 1.165) is 18.4 Å². The molecule has 120 valence electrons. The SMILES string of the molecule is CC(C)c1ccc2c(c1)C(NC(=O)OCc1ccccc1)CC2. The number of carbonyl (C=O) groups excluding carboxylic acids is 1. The lowest BCUT2D eigenvalue weighted by Crippen LogP contribution is -2.27. The van der Waals surface area contributed by atoms with E-state index in [1.165, 1.54) is 16.7 Å². The van der Waals surface area contributed by atoms with Gasteiger partial charge in [-0.05, 0) is 41.0 Å². The Kier molecular flexibility index (Phi) is 4.65. The quantitative estimate of drug-likeness (QED) is 0.887. The molecular formula is C20H23NO2. The van der Waals surface area contributed by atoms with Gasteiger partial charge in [0.15, 0.2) is 0 Å². The van der Waals surface area contributed by atoms with Gasteiger partial charge in [0, 0.05) is 0 Å². The Balaban J connectivity index is 1.61. The first-order chi connectivity index (χ1) is 11.1.